The van der Waals surface area contributed by atoms with Gasteiger partial charge in [0.2, 0.25) is 5.95 Å². The summed E-state index contributed by atoms with van der Waals surface area (Å²) in [7, 11) is 1.66. The Labute approximate surface area is 207 Å². The number of benzene rings is 1. The fourth-order valence-electron chi connectivity index (χ4n) is 4.58. The molecule has 5 heterocycles. The van der Waals surface area contributed by atoms with E-state index in [1.54, 1.807) is 19.6 Å². The van der Waals surface area contributed by atoms with E-state index >= 15 is 0 Å². The molecule has 3 aromatic heterocycles. The van der Waals surface area contributed by atoms with Crippen molar-refractivity contribution in [3.05, 3.63) is 30.7 Å². The summed E-state index contributed by atoms with van der Waals surface area (Å²) in [5, 5.41) is 19.0. The van der Waals surface area contributed by atoms with Crippen molar-refractivity contribution >= 4 is 34.2 Å². The van der Waals surface area contributed by atoms with E-state index in [9.17, 15) is 0 Å². The lowest BCUT2D eigenvalue weighted by Gasteiger charge is -2.29. The van der Waals surface area contributed by atoms with Gasteiger partial charge in [-0.25, -0.2) is 0 Å². The predicted molar refractivity (Wildman–Crippen MR) is 134 cm³/mol. The van der Waals surface area contributed by atoms with E-state index < -0.39 is 0 Å². The molecule has 2 fully saturated rings. The molecule has 2 saturated heterocycles. The Morgan fingerprint density at radius 1 is 1.08 bits per heavy atom. The number of aromatic amines is 1. The second-order valence-corrected chi connectivity index (χ2v) is 8.75. The Morgan fingerprint density at radius 2 is 1.92 bits per heavy atom. The lowest BCUT2D eigenvalue weighted by molar-refractivity contribution is 0.0904. The van der Waals surface area contributed by atoms with Gasteiger partial charge >= 0.3 is 0 Å². The van der Waals surface area contributed by atoms with E-state index in [0.717, 1.165) is 67.2 Å². The van der Waals surface area contributed by atoms with Gasteiger partial charge in [0.05, 0.1) is 48.9 Å². The molecule has 0 unspecified atom stereocenters. The number of morpholine rings is 1. The van der Waals surface area contributed by atoms with Crippen LogP contribution in [0.1, 0.15) is 12.8 Å². The Balaban J connectivity index is 1.34. The third kappa shape index (κ3) is 4.52. The van der Waals surface area contributed by atoms with Crippen LogP contribution in [0, 0.1) is 0 Å². The van der Waals surface area contributed by atoms with Crippen molar-refractivity contribution in [2.75, 3.05) is 62.2 Å². The van der Waals surface area contributed by atoms with Gasteiger partial charge in [-0.2, -0.15) is 15.1 Å². The van der Waals surface area contributed by atoms with Crippen LogP contribution in [-0.2, 0) is 9.47 Å². The quantitative estimate of drug-likeness (QED) is 0.351. The maximum atomic E-state index is 5.70. The molecule has 0 bridgehead atoms. The Bertz CT molecular complexity index is 1310. The Kier molecular flexibility index (Phi) is 6.26. The fraction of sp³-hybridized carbons (Fsp3) is 0.417. The highest BCUT2D eigenvalue weighted by atomic mass is 16.5. The number of fused-ring (bicyclic) bond motifs is 1. The van der Waals surface area contributed by atoms with Gasteiger partial charge in [-0.3, -0.25) is 5.10 Å². The molecule has 0 saturated carbocycles. The molecule has 12 nitrogen and oxygen atoms in total. The number of nitrogens with one attached hydrogen (secondary N) is 3. The number of hydrogen-bond donors (Lipinski definition) is 3. The zero-order valence-electron chi connectivity index (χ0n) is 20.0. The molecule has 0 spiro atoms. The summed E-state index contributed by atoms with van der Waals surface area (Å²) in [6.45, 7) is 4.58. The number of methoxy groups -OCH3 is 1. The minimum absolute atomic E-state index is 0.234. The normalized spacial score (nSPS) is 16.9. The topological polar surface area (TPSA) is 135 Å². The molecule has 6 rings (SSSR count). The first kappa shape index (κ1) is 22.6. The molecule has 0 aliphatic carbocycles. The summed E-state index contributed by atoms with van der Waals surface area (Å²) in [5.41, 5.74) is 3.91. The number of rotatable bonds is 7. The lowest BCUT2D eigenvalue weighted by Crippen LogP contribution is -2.36. The number of nitrogens with zero attached hydrogens (tertiary/aromatic N) is 5. The second kappa shape index (κ2) is 9.99. The van der Waals surface area contributed by atoms with Crippen molar-refractivity contribution in [2.45, 2.75) is 18.9 Å². The molecule has 2 aliphatic heterocycles. The van der Waals surface area contributed by atoms with Crippen LogP contribution < -0.4 is 20.3 Å². The fourth-order valence-corrected chi connectivity index (χ4v) is 4.58. The zero-order valence-corrected chi connectivity index (χ0v) is 20.0. The van der Waals surface area contributed by atoms with Crippen molar-refractivity contribution in [3.63, 3.8) is 0 Å². The number of anilines is 4. The third-order valence-corrected chi connectivity index (χ3v) is 6.50. The van der Waals surface area contributed by atoms with E-state index in [1.165, 1.54) is 0 Å². The highest BCUT2D eigenvalue weighted by Crippen LogP contribution is 2.35. The first-order valence-corrected chi connectivity index (χ1v) is 12.1. The van der Waals surface area contributed by atoms with Gasteiger partial charge in [0.1, 0.15) is 17.8 Å². The van der Waals surface area contributed by atoms with Crippen molar-refractivity contribution < 1.29 is 18.7 Å². The molecule has 2 aliphatic rings. The van der Waals surface area contributed by atoms with Crippen LogP contribution in [-0.4, -0.2) is 78.0 Å². The van der Waals surface area contributed by atoms with Gasteiger partial charge in [0.25, 0.3) is 0 Å². The molecular formula is C24H28N8O4. The Hall–Kier alpha value is -3.90. The maximum Gasteiger partial charge on any atom is 0.231 e. The van der Waals surface area contributed by atoms with Gasteiger partial charge in [-0.05, 0) is 25.0 Å². The van der Waals surface area contributed by atoms with Crippen LogP contribution >= 0.6 is 0 Å². The van der Waals surface area contributed by atoms with Crippen molar-refractivity contribution in [3.8, 4) is 17.0 Å². The molecule has 12 heteroatoms. The average Bonchev–Trinajstić information content (AvgIpc) is 3.60. The second-order valence-electron chi connectivity index (χ2n) is 8.75. The maximum absolute atomic E-state index is 5.70. The van der Waals surface area contributed by atoms with Gasteiger partial charge in [0.15, 0.2) is 5.65 Å². The average molecular weight is 493 g/mol. The van der Waals surface area contributed by atoms with E-state index in [1.807, 2.05) is 12.1 Å². The smallest absolute Gasteiger partial charge is 0.231 e. The number of H-pyrrole nitrogens is 1. The third-order valence-electron chi connectivity index (χ3n) is 6.50. The van der Waals surface area contributed by atoms with Crippen LogP contribution in [0.15, 0.2) is 35.2 Å². The van der Waals surface area contributed by atoms with Crippen LogP contribution in [0.2, 0.25) is 0 Å². The molecule has 188 valence electrons. The first-order valence-electron chi connectivity index (χ1n) is 12.1. The van der Waals surface area contributed by atoms with Gasteiger partial charge in [-0.1, -0.05) is 5.16 Å². The van der Waals surface area contributed by atoms with Crippen LogP contribution in [0.5, 0.6) is 5.75 Å². The lowest BCUT2D eigenvalue weighted by atomic mass is 10.1. The number of hydrogen-bond acceptors (Lipinski definition) is 11. The zero-order chi connectivity index (χ0) is 24.3. The van der Waals surface area contributed by atoms with Crippen LogP contribution in [0.3, 0.4) is 0 Å². The summed E-state index contributed by atoms with van der Waals surface area (Å²) in [4.78, 5) is 11.8. The monoisotopic (exact) mass is 492 g/mol. The molecule has 0 atom stereocenters. The van der Waals surface area contributed by atoms with Crippen molar-refractivity contribution in [1.82, 2.24) is 25.3 Å². The van der Waals surface area contributed by atoms with Gasteiger partial charge in [0, 0.05) is 44.1 Å². The highest BCUT2D eigenvalue weighted by molar-refractivity contribution is 5.99. The highest BCUT2D eigenvalue weighted by Gasteiger charge is 2.22. The largest absolute Gasteiger partial charge is 0.494 e. The molecule has 1 aromatic carbocycles. The van der Waals surface area contributed by atoms with Gasteiger partial charge in [-0.15, -0.1) is 0 Å². The number of aromatic nitrogens is 5. The van der Waals surface area contributed by atoms with E-state index in [0.29, 0.717) is 36.4 Å². The summed E-state index contributed by atoms with van der Waals surface area (Å²) >= 11 is 0. The molecule has 0 amide bonds. The Morgan fingerprint density at radius 3 is 2.69 bits per heavy atom. The molecule has 36 heavy (non-hydrogen) atoms. The van der Waals surface area contributed by atoms with E-state index in [2.05, 4.69) is 41.9 Å². The summed E-state index contributed by atoms with van der Waals surface area (Å²) in [5.74, 6) is 1.80. The van der Waals surface area contributed by atoms with Crippen LogP contribution in [0.25, 0.3) is 22.3 Å². The van der Waals surface area contributed by atoms with Crippen molar-refractivity contribution in [2.24, 2.45) is 0 Å². The molecular weight excluding hydrogens is 464 g/mol. The summed E-state index contributed by atoms with van der Waals surface area (Å²) in [6, 6.07) is 6.30. The standard InChI is InChI=1S/C24H28N8O4/c1-33-19-12-17(32-6-10-35-11-7-32)2-3-18(19)27-24-28-22(26-16-4-8-34-9-5-16)20-21(15-13-25-36-14-15)30-31-23(20)29-24/h2-3,12-14,16H,4-11H2,1H3,(H3,26,27,28,29,30,31). The number of ether oxygens (including phenoxy) is 3. The molecule has 0 radical (unpaired) electrons. The van der Waals surface area contributed by atoms with E-state index in [-0.39, 0.29) is 6.04 Å². The van der Waals surface area contributed by atoms with Gasteiger partial charge < -0.3 is 34.3 Å². The summed E-state index contributed by atoms with van der Waals surface area (Å²) < 4.78 is 21.7. The minimum atomic E-state index is 0.234. The van der Waals surface area contributed by atoms with Crippen molar-refractivity contribution in [1.29, 1.82) is 0 Å². The van der Waals surface area contributed by atoms with E-state index in [4.69, 9.17) is 23.7 Å². The predicted octanol–water partition coefficient (Wildman–Crippen LogP) is 3.19. The minimum Gasteiger partial charge on any atom is -0.494 e. The SMILES string of the molecule is COc1cc(N2CCOCC2)ccc1Nc1nc(NC2CCOCC2)c2c(-c3cnoc3)[nH]nc2n1. The summed E-state index contributed by atoms with van der Waals surface area (Å²) in [6.07, 6.45) is 4.99. The first-order chi connectivity index (χ1) is 17.8. The molecule has 3 N–H and O–H groups in total. The van der Waals surface area contributed by atoms with Crippen LogP contribution in [0.4, 0.5) is 23.1 Å². The molecule has 4 aromatic rings.